The molecule has 0 aromatic carbocycles. The standard InChI is InChI=1S/C11H23NO4S/c1-3-5-8-12(9-7-11(13)14)17(15,16)10-6-4-2/h3-10H2,1-2H3,(H,13,14). The zero-order chi connectivity index (χ0) is 13.3. The topological polar surface area (TPSA) is 74.7 Å². The highest BCUT2D eigenvalue weighted by Gasteiger charge is 2.21. The Morgan fingerprint density at radius 3 is 2.18 bits per heavy atom. The number of nitrogens with zero attached hydrogens (tertiary/aromatic N) is 1. The van der Waals surface area contributed by atoms with Gasteiger partial charge >= 0.3 is 5.97 Å². The maximum absolute atomic E-state index is 11.9. The van der Waals surface area contributed by atoms with Gasteiger partial charge in [0.25, 0.3) is 0 Å². The number of unbranched alkanes of at least 4 members (excludes halogenated alkanes) is 2. The second-order valence-electron chi connectivity index (χ2n) is 4.07. The molecule has 0 bridgehead atoms. The van der Waals surface area contributed by atoms with Crippen molar-refractivity contribution in [1.29, 1.82) is 0 Å². The molecule has 0 radical (unpaired) electrons. The van der Waals surface area contributed by atoms with E-state index in [-0.39, 0.29) is 18.7 Å². The Morgan fingerprint density at radius 2 is 1.71 bits per heavy atom. The molecular weight excluding hydrogens is 242 g/mol. The van der Waals surface area contributed by atoms with Crippen LogP contribution in [0.3, 0.4) is 0 Å². The van der Waals surface area contributed by atoms with Crippen LogP contribution in [0.4, 0.5) is 0 Å². The van der Waals surface area contributed by atoms with E-state index in [2.05, 4.69) is 0 Å². The Morgan fingerprint density at radius 1 is 1.12 bits per heavy atom. The molecule has 0 rings (SSSR count). The summed E-state index contributed by atoms with van der Waals surface area (Å²) in [5.74, 6) is -0.843. The maximum Gasteiger partial charge on any atom is 0.304 e. The molecule has 0 saturated carbocycles. The summed E-state index contributed by atoms with van der Waals surface area (Å²) in [5.41, 5.74) is 0. The van der Waals surface area contributed by atoms with Gasteiger partial charge in [0.15, 0.2) is 0 Å². The van der Waals surface area contributed by atoms with Crippen LogP contribution < -0.4 is 0 Å². The number of carboxylic acids is 1. The summed E-state index contributed by atoms with van der Waals surface area (Å²) in [5, 5.41) is 8.61. The summed E-state index contributed by atoms with van der Waals surface area (Å²) < 4.78 is 25.2. The molecule has 0 aromatic rings. The summed E-state index contributed by atoms with van der Waals surface area (Å²) >= 11 is 0. The summed E-state index contributed by atoms with van der Waals surface area (Å²) in [6.07, 6.45) is 2.98. The van der Waals surface area contributed by atoms with Gasteiger partial charge in [0.05, 0.1) is 12.2 Å². The predicted octanol–water partition coefficient (Wildman–Crippen LogP) is 1.69. The number of hydrogen-bond donors (Lipinski definition) is 1. The van der Waals surface area contributed by atoms with Gasteiger partial charge in [-0.05, 0) is 12.8 Å². The van der Waals surface area contributed by atoms with E-state index >= 15 is 0 Å². The zero-order valence-electron chi connectivity index (χ0n) is 10.7. The van der Waals surface area contributed by atoms with E-state index in [1.54, 1.807) is 0 Å². The molecule has 0 aliphatic rings. The molecule has 0 aromatic heterocycles. The fraction of sp³-hybridized carbons (Fsp3) is 0.909. The molecule has 0 saturated heterocycles. The lowest BCUT2D eigenvalue weighted by Crippen LogP contribution is -2.35. The van der Waals surface area contributed by atoms with Crippen molar-refractivity contribution >= 4 is 16.0 Å². The summed E-state index contributed by atoms with van der Waals surface area (Å²) in [7, 11) is -3.28. The van der Waals surface area contributed by atoms with Crippen LogP contribution in [0.5, 0.6) is 0 Å². The van der Waals surface area contributed by atoms with Crippen molar-refractivity contribution in [1.82, 2.24) is 4.31 Å². The predicted molar refractivity (Wildman–Crippen MR) is 67.4 cm³/mol. The van der Waals surface area contributed by atoms with Gasteiger partial charge < -0.3 is 5.11 Å². The Kier molecular flexibility index (Phi) is 8.16. The normalized spacial score (nSPS) is 11.9. The first-order chi connectivity index (χ1) is 7.94. The van der Waals surface area contributed by atoms with E-state index in [1.165, 1.54) is 4.31 Å². The van der Waals surface area contributed by atoms with Crippen molar-refractivity contribution in [2.75, 3.05) is 18.8 Å². The monoisotopic (exact) mass is 265 g/mol. The van der Waals surface area contributed by atoms with Crippen molar-refractivity contribution < 1.29 is 18.3 Å². The second-order valence-corrected chi connectivity index (χ2v) is 6.15. The van der Waals surface area contributed by atoms with Crippen LogP contribution in [0.1, 0.15) is 46.0 Å². The molecule has 0 amide bonds. The minimum atomic E-state index is -3.28. The SMILES string of the molecule is CCCCN(CCC(=O)O)S(=O)(=O)CCCC. The Balaban J connectivity index is 4.47. The van der Waals surface area contributed by atoms with Crippen LogP contribution >= 0.6 is 0 Å². The zero-order valence-corrected chi connectivity index (χ0v) is 11.5. The van der Waals surface area contributed by atoms with E-state index in [1.807, 2.05) is 13.8 Å². The minimum Gasteiger partial charge on any atom is -0.481 e. The molecule has 0 atom stereocenters. The molecule has 6 heteroatoms. The fourth-order valence-corrected chi connectivity index (χ4v) is 3.09. The number of sulfonamides is 1. The van der Waals surface area contributed by atoms with Gasteiger partial charge in [0, 0.05) is 13.1 Å². The molecule has 0 unspecified atom stereocenters. The van der Waals surface area contributed by atoms with Crippen LogP contribution in [0.15, 0.2) is 0 Å². The van der Waals surface area contributed by atoms with Crippen LogP contribution in [0.2, 0.25) is 0 Å². The van der Waals surface area contributed by atoms with Crippen molar-refractivity contribution in [3.63, 3.8) is 0 Å². The van der Waals surface area contributed by atoms with Gasteiger partial charge in [0.1, 0.15) is 0 Å². The molecule has 0 aliphatic heterocycles. The van der Waals surface area contributed by atoms with E-state index in [9.17, 15) is 13.2 Å². The molecular formula is C11H23NO4S. The second kappa shape index (κ2) is 8.47. The molecule has 0 aliphatic carbocycles. The van der Waals surface area contributed by atoms with Crippen molar-refractivity contribution in [2.45, 2.75) is 46.0 Å². The summed E-state index contributed by atoms with van der Waals surface area (Å²) in [6, 6.07) is 0. The molecule has 0 spiro atoms. The average Bonchev–Trinajstić information content (AvgIpc) is 2.25. The highest BCUT2D eigenvalue weighted by atomic mass is 32.2. The maximum atomic E-state index is 11.9. The Bertz CT molecular complexity index is 313. The van der Waals surface area contributed by atoms with Gasteiger partial charge in [-0.3, -0.25) is 4.79 Å². The number of aliphatic carboxylic acids is 1. The lowest BCUT2D eigenvalue weighted by Gasteiger charge is -2.21. The first kappa shape index (κ1) is 16.4. The van der Waals surface area contributed by atoms with Crippen molar-refractivity contribution in [3.8, 4) is 0 Å². The van der Waals surface area contributed by atoms with Crippen LogP contribution in [0, 0.1) is 0 Å². The third-order valence-electron chi connectivity index (χ3n) is 2.49. The smallest absolute Gasteiger partial charge is 0.304 e. The average molecular weight is 265 g/mol. The third kappa shape index (κ3) is 7.33. The third-order valence-corrected chi connectivity index (χ3v) is 4.44. The van der Waals surface area contributed by atoms with Gasteiger partial charge in [-0.25, -0.2) is 12.7 Å². The number of carbonyl (C=O) groups is 1. The largest absolute Gasteiger partial charge is 0.481 e. The van der Waals surface area contributed by atoms with E-state index in [4.69, 9.17) is 5.11 Å². The van der Waals surface area contributed by atoms with E-state index in [0.717, 1.165) is 19.3 Å². The van der Waals surface area contributed by atoms with E-state index < -0.39 is 16.0 Å². The molecule has 102 valence electrons. The Hall–Kier alpha value is -0.620. The van der Waals surface area contributed by atoms with E-state index in [0.29, 0.717) is 13.0 Å². The molecule has 0 heterocycles. The number of rotatable bonds is 10. The first-order valence-electron chi connectivity index (χ1n) is 6.13. The molecule has 0 fully saturated rings. The van der Waals surface area contributed by atoms with Gasteiger partial charge in [-0.15, -0.1) is 0 Å². The quantitative estimate of drug-likeness (QED) is 0.652. The summed E-state index contributed by atoms with van der Waals surface area (Å²) in [6.45, 7) is 4.42. The summed E-state index contributed by atoms with van der Waals surface area (Å²) in [4.78, 5) is 10.5. The van der Waals surface area contributed by atoms with Crippen molar-refractivity contribution in [3.05, 3.63) is 0 Å². The molecule has 5 nitrogen and oxygen atoms in total. The van der Waals surface area contributed by atoms with Gasteiger partial charge in [0.2, 0.25) is 10.0 Å². The molecule has 1 N–H and O–H groups in total. The lowest BCUT2D eigenvalue weighted by atomic mass is 10.3. The number of carboxylic acid groups (broad SMARTS) is 1. The van der Waals surface area contributed by atoms with Crippen molar-refractivity contribution in [2.24, 2.45) is 0 Å². The fourth-order valence-electron chi connectivity index (χ4n) is 1.40. The molecule has 17 heavy (non-hydrogen) atoms. The van der Waals surface area contributed by atoms with Crippen LogP contribution in [-0.2, 0) is 14.8 Å². The van der Waals surface area contributed by atoms with Gasteiger partial charge in [-0.1, -0.05) is 26.7 Å². The lowest BCUT2D eigenvalue weighted by molar-refractivity contribution is -0.137. The highest BCUT2D eigenvalue weighted by molar-refractivity contribution is 7.89. The Labute approximate surface area is 104 Å². The van der Waals surface area contributed by atoms with Crippen LogP contribution in [-0.4, -0.2) is 42.6 Å². The first-order valence-corrected chi connectivity index (χ1v) is 7.74. The van der Waals surface area contributed by atoms with Gasteiger partial charge in [-0.2, -0.15) is 0 Å². The minimum absolute atomic E-state index is 0.0847. The van der Waals surface area contributed by atoms with Crippen LogP contribution in [0.25, 0.3) is 0 Å². The highest BCUT2D eigenvalue weighted by Crippen LogP contribution is 2.08. The number of hydrogen-bond acceptors (Lipinski definition) is 3.